The predicted molar refractivity (Wildman–Crippen MR) is 159 cm³/mol. The van der Waals surface area contributed by atoms with E-state index < -0.39 is 11.9 Å². The van der Waals surface area contributed by atoms with E-state index >= 15 is 0 Å². The van der Waals surface area contributed by atoms with Gasteiger partial charge in [0.15, 0.2) is 11.5 Å². The zero-order chi connectivity index (χ0) is 30.0. The van der Waals surface area contributed by atoms with Crippen LogP contribution in [-0.4, -0.2) is 19.7 Å². The second-order valence-electron chi connectivity index (χ2n) is 10.4. The number of allylic oxidation sites excluding steroid dienone is 1. The molecule has 0 saturated heterocycles. The van der Waals surface area contributed by atoms with Crippen molar-refractivity contribution in [2.75, 3.05) is 13.7 Å². The molecule has 1 atom stereocenters. The molecule has 216 valence electrons. The Labute approximate surface area is 245 Å². The van der Waals surface area contributed by atoms with Crippen LogP contribution in [0.5, 0.6) is 23.0 Å². The maximum Gasteiger partial charge on any atom is 0.379 e. The molecule has 0 amide bonds. The molecule has 2 N–H and O–H groups in total. The molecule has 4 aromatic rings. The minimum absolute atomic E-state index is 0.0173. The number of hydrogen-bond donors (Lipinski definition) is 1. The van der Waals surface area contributed by atoms with Gasteiger partial charge < -0.3 is 29.1 Å². The Kier molecular flexibility index (Phi) is 8.12. The molecule has 42 heavy (non-hydrogen) atoms. The summed E-state index contributed by atoms with van der Waals surface area (Å²) in [6, 6.07) is 16.8. The number of unbranched alkanes of at least 4 members (excludes halogenated alkanes) is 2. The van der Waals surface area contributed by atoms with Crippen molar-refractivity contribution in [2.45, 2.75) is 52.9 Å². The highest BCUT2D eigenvalue weighted by Crippen LogP contribution is 2.45. The van der Waals surface area contributed by atoms with Gasteiger partial charge in [-0.05, 0) is 62.1 Å². The third kappa shape index (κ3) is 5.26. The summed E-state index contributed by atoms with van der Waals surface area (Å²) >= 11 is 0. The van der Waals surface area contributed by atoms with Crippen molar-refractivity contribution in [1.29, 1.82) is 5.26 Å². The van der Waals surface area contributed by atoms with E-state index in [-0.39, 0.29) is 23.0 Å². The number of benzene rings is 3. The van der Waals surface area contributed by atoms with E-state index in [0.29, 0.717) is 40.6 Å². The van der Waals surface area contributed by atoms with Crippen LogP contribution in [0.25, 0.3) is 11.0 Å². The van der Waals surface area contributed by atoms with Gasteiger partial charge in [0.1, 0.15) is 28.7 Å². The number of rotatable bonds is 9. The molecule has 0 aliphatic carbocycles. The van der Waals surface area contributed by atoms with Gasteiger partial charge in [0, 0.05) is 22.6 Å². The van der Waals surface area contributed by atoms with Crippen LogP contribution in [0.1, 0.15) is 70.5 Å². The Balaban J connectivity index is 1.45. The Morgan fingerprint density at radius 1 is 1.02 bits per heavy atom. The number of furan rings is 1. The topological polar surface area (TPSA) is 117 Å². The van der Waals surface area contributed by atoms with E-state index in [0.717, 1.165) is 41.3 Å². The molecule has 0 bridgehead atoms. The summed E-state index contributed by atoms with van der Waals surface area (Å²) in [5.41, 5.74) is 11.4. The molecule has 0 saturated carbocycles. The number of carbonyl (C=O) groups is 1. The molecule has 0 fully saturated rings. The first-order chi connectivity index (χ1) is 20.3. The Bertz CT molecular complexity index is 1740. The van der Waals surface area contributed by atoms with Crippen molar-refractivity contribution in [3.05, 3.63) is 93.6 Å². The third-order valence-corrected chi connectivity index (χ3v) is 7.74. The van der Waals surface area contributed by atoms with Crippen LogP contribution in [0.3, 0.4) is 0 Å². The number of fused-ring (bicyclic) bond motifs is 2. The molecular weight excluding hydrogens is 532 g/mol. The number of methoxy groups -OCH3 is 1. The zero-order valence-corrected chi connectivity index (χ0v) is 24.5. The number of nitrogens with zero attached hydrogens (tertiary/aromatic N) is 1. The average Bonchev–Trinajstić information content (AvgIpc) is 3.33. The number of hydrogen-bond acceptors (Lipinski definition) is 8. The van der Waals surface area contributed by atoms with E-state index in [2.05, 4.69) is 13.0 Å². The maximum absolute atomic E-state index is 13.2. The van der Waals surface area contributed by atoms with Crippen LogP contribution in [-0.2, 0) is 0 Å². The molecule has 2 heterocycles. The molecule has 3 aromatic carbocycles. The van der Waals surface area contributed by atoms with Crippen molar-refractivity contribution in [3.63, 3.8) is 0 Å². The number of aryl methyl sites for hydroxylation is 3. The highest BCUT2D eigenvalue weighted by molar-refractivity contribution is 5.98. The SMILES string of the molecule is CCCCCOc1ccc(C2C(C#N)=C(N)Oc3cc(OC(=O)c4oc5c(C)c(C)ccc5c4C)ccc32)cc1OC. The van der Waals surface area contributed by atoms with E-state index in [9.17, 15) is 10.1 Å². The molecule has 1 aliphatic rings. The number of nitriles is 1. The van der Waals surface area contributed by atoms with E-state index in [4.69, 9.17) is 29.1 Å². The summed E-state index contributed by atoms with van der Waals surface area (Å²) < 4.78 is 29.1. The lowest BCUT2D eigenvalue weighted by Crippen LogP contribution is -2.21. The van der Waals surface area contributed by atoms with Crippen molar-refractivity contribution >= 4 is 16.9 Å². The van der Waals surface area contributed by atoms with Gasteiger partial charge in [-0.3, -0.25) is 0 Å². The van der Waals surface area contributed by atoms with E-state index in [1.54, 1.807) is 25.3 Å². The van der Waals surface area contributed by atoms with Crippen molar-refractivity contribution in [2.24, 2.45) is 5.73 Å². The summed E-state index contributed by atoms with van der Waals surface area (Å²) in [6.07, 6.45) is 3.14. The quantitative estimate of drug-likeness (QED) is 0.127. The van der Waals surface area contributed by atoms with Gasteiger partial charge in [0.2, 0.25) is 11.6 Å². The van der Waals surface area contributed by atoms with Crippen molar-refractivity contribution in [3.8, 4) is 29.1 Å². The van der Waals surface area contributed by atoms with E-state index in [1.807, 2.05) is 51.1 Å². The van der Waals surface area contributed by atoms with Crippen molar-refractivity contribution in [1.82, 2.24) is 0 Å². The number of nitrogens with two attached hydrogens (primary N) is 1. The minimum atomic E-state index is -0.617. The molecule has 1 unspecified atom stereocenters. The largest absolute Gasteiger partial charge is 0.493 e. The molecule has 0 radical (unpaired) electrons. The second kappa shape index (κ2) is 11.9. The lowest BCUT2D eigenvalue weighted by Gasteiger charge is -2.27. The first-order valence-electron chi connectivity index (χ1n) is 14.0. The van der Waals surface area contributed by atoms with Crippen LogP contribution in [0, 0.1) is 32.1 Å². The molecule has 5 rings (SSSR count). The molecule has 1 aliphatic heterocycles. The van der Waals surface area contributed by atoms with E-state index in [1.165, 1.54) is 0 Å². The molecule has 8 nitrogen and oxygen atoms in total. The van der Waals surface area contributed by atoms with Crippen LogP contribution in [0.15, 0.2) is 64.4 Å². The van der Waals surface area contributed by atoms with Crippen molar-refractivity contribution < 1.29 is 28.2 Å². The first-order valence-corrected chi connectivity index (χ1v) is 14.0. The van der Waals surface area contributed by atoms with Crippen LogP contribution < -0.4 is 24.7 Å². The average molecular weight is 567 g/mol. The van der Waals surface area contributed by atoms with Crippen LogP contribution in [0.2, 0.25) is 0 Å². The fourth-order valence-corrected chi connectivity index (χ4v) is 5.23. The lowest BCUT2D eigenvalue weighted by atomic mass is 9.83. The zero-order valence-electron chi connectivity index (χ0n) is 24.5. The Hall–Kier alpha value is -4.90. The maximum atomic E-state index is 13.2. The minimum Gasteiger partial charge on any atom is -0.493 e. The van der Waals surface area contributed by atoms with Gasteiger partial charge in [-0.25, -0.2) is 4.79 Å². The summed E-state index contributed by atoms with van der Waals surface area (Å²) in [6.45, 7) is 8.53. The highest BCUT2D eigenvalue weighted by atomic mass is 16.5. The number of ether oxygens (including phenoxy) is 4. The number of carbonyl (C=O) groups excluding carboxylic acids is 1. The Morgan fingerprint density at radius 3 is 2.57 bits per heavy atom. The monoisotopic (exact) mass is 566 g/mol. The lowest BCUT2D eigenvalue weighted by molar-refractivity contribution is 0.0702. The molecular formula is C34H34N2O6. The molecule has 8 heteroatoms. The van der Waals surface area contributed by atoms with Gasteiger partial charge >= 0.3 is 5.97 Å². The smallest absolute Gasteiger partial charge is 0.379 e. The van der Waals surface area contributed by atoms with Gasteiger partial charge in [-0.15, -0.1) is 0 Å². The molecule has 1 aromatic heterocycles. The summed E-state index contributed by atoms with van der Waals surface area (Å²) in [5.74, 6) is 0.824. The Morgan fingerprint density at radius 2 is 1.83 bits per heavy atom. The summed E-state index contributed by atoms with van der Waals surface area (Å²) in [5, 5.41) is 10.9. The first kappa shape index (κ1) is 28.6. The predicted octanol–water partition coefficient (Wildman–Crippen LogP) is 7.37. The van der Waals surface area contributed by atoms with Gasteiger partial charge in [0.25, 0.3) is 0 Å². The van der Waals surface area contributed by atoms with Gasteiger partial charge in [-0.2, -0.15) is 5.26 Å². The standard InChI is InChI=1S/C34H34N2O6/c1-6-7-8-15-39-27-14-10-22(16-29(27)38-5)30-25-13-11-23(17-28(25)41-33(36)26(30)18-35)40-34(37)32-21(4)24-12-9-19(2)20(3)31(24)42-32/h9-14,16-17,30H,6-8,15,36H2,1-5H3. The third-order valence-electron chi connectivity index (χ3n) is 7.74. The number of esters is 1. The van der Waals surface area contributed by atoms with Gasteiger partial charge in [-0.1, -0.05) is 44.0 Å². The fourth-order valence-electron chi connectivity index (χ4n) is 5.23. The highest BCUT2D eigenvalue weighted by Gasteiger charge is 2.32. The molecule has 0 spiro atoms. The van der Waals surface area contributed by atoms with Crippen LogP contribution >= 0.6 is 0 Å². The second-order valence-corrected chi connectivity index (χ2v) is 10.4. The summed E-state index contributed by atoms with van der Waals surface area (Å²) in [7, 11) is 1.58. The normalized spacial score (nSPS) is 14.2. The fraction of sp³-hybridized carbons (Fsp3) is 0.294. The summed E-state index contributed by atoms with van der Waals surface area (Å²) in [4.78, 5) is 13.2. The van der Waals surface area contributed by atoms with Gasteiger partial charge in [0.05, 0.1) is 19.6 Å². The van der Waals surface area contributed by atoms with Crippen LogP contribution in [0.4, 0.5) is 0 Å².